The third-order valence-corrected chi connectivity index (χ3v) is 12.2. The van der Waals surface area contributed by atoms with E-state index in [1.807, 2.05) is 0 Å². The quantitative estimate of drug-likeness (QED) is 0.161. The maximum atomic E-state index is 6.66. The molecule has 61 heavy (non-hydrogen) atoms. The van der Waals surface area contributed by atoms with Crippen LogP contribution < -0.4 is 4.90 Å². The molecule has 12 aromatic rings. The molecule has 12 rings (SSSR count). The average molecular weight is 779 g/mol. The lowest BCUT2D eigenvalue weighted by atomic mass is 9.96. The number of hydrogen-bond acceptors (Lipinski definition) is 2. The van der Waals surface area contributed by atoms with Crippen LogP contribution >= 0.6 is 0 Å². The first kappa shape index (κ1) is 34.9. The Bertz CT molecular complexity index is 3570. The molecule has 0 spiro atoms. The smallest absolute Gasteiger partial charge is 0.136 e. The van der Waals surface area contributed by atoms with Gasteiger partial charge in [-0.2, -0.15) is 0 Å². The monoisotopic (exact) mass is 778 g/mol. The van der Waals surface area contributed by atoms with Gasteiger partial charge in [-0.25, -0.2) is 0 Å². The van der Waals surface area contributed by atoms with Gasteiger partial charge in [-0.3, -0.25) is 0 Å². The van der Waals surface area contributed by atoms with E-state index < -0.39 is 0 Å². The lowest BCUT2D eigenvalue weighted by Gasteiger charge is -2.28. The lowest BCUT2D eigenvalue weighted by molar-refractivity contribution is 0.669. The summed E-state index contributed by atoms with van der Waals surface area (Å²) in [6.07, 6.45) is 0. The molecule has 0 aliphatic carbocycles. The van der Waals surface area contributed by atoms with Crippen LogP contribution in [-0.2, 0) is 0 Å². The van der Waals surface area contributed by atoms with E-state index in [0.717, 1.165) is 66.6 Å². The van der Waals surface area contributed by atoms with Crippen molar-refractivity contribution in [2.24, 2.45) is 0 Å². The zero-order valence-corrected chi connectivity index (χ0v) is 33.2. The minimum atomic E-state index is 0.873. The molecule has 286 valence electrons. The summed E-state index contributed by atoms with van der Waals surface area (Å²) in [5.41, 5.74) is 15.6. The Morgan fingerprint density at radius 2 is 0.951 bits per heavy atom. The highest BCUT2D eigenvalue weighted by Crippen LogP contribution is 2.45. The van der Waals surface area contributed by atoms with E-state index in [1.165, 1.54) is 44.1 Å². The Morgan fingerprint density at radius 3 is 1.77 bits per heavy atom. The first-order chi connectivity index (χ1) is 30.3. The molecule has 10 aromatic carbocycles. The van der Waals surface area contributed by atoms with Crippen molar-refractivity contribution in [1.29, 1.82) is 0 Å². The summed E-state index contributed by atoms with van der Waals surface area (Å²) in [6, 6.07) is 82.8. The SMILES string of the molecule is c1ccc(-c2ccc(N(c3ccc4ccc5oc6ccc(-c7cccc8c7c7ccccc7n8-c7ccccc7)cc6c5c4c3)c3ccccc3-c3ccccc3)cc2)cc1. The van der Waals surface area contributed by atoms with Gasteiger partial charge < -0.3 is 13.9 Å². The summed E-state index contributed by atoms with van der Waals surface area (Å²) in [7, 11) is 0. The number of aromatic nitrogens is 1. The molecule has 0 fully saturated rings. The third kappa shape index (κ3) is 5.82. The minimum Gasteiger partial charge on any atom is -0.456 e. The Labute approximate surface area is 353 Å². The van der Waals surface area contributed by atoms with E-state index in [0.29, 0.717) is 0 Å². The number of hydrogen-bond donors (Lipinski definition) is 0. The lowest BCUT2D eigenvalue weighted by Crippen LogP contribution is -2.11. The molecule has 0 N–H and O–H groups in total. The van der Waals surface area contributed by atoms with Crippen LogP contribution in [0.5, 0.6) is 0 Å². The fraction of sp³-hybridized carbons (Fsp3) is 0. The van der Waals surface area contributed by atoms with Crippen molar-refractivity contribution in [3.63, 3.8) is 0 Å². The van der Waals surface area contributed by atoms with Crippen LogP contribution in [0.2, 0.25) is 0 Å². The molecular formula is C58H38N2O. The molecule has 0 radical (unpaired) electrons. The number of fused-ring (bicyclic) bond motifs is 8. The minimum absolute atomic E-state index is 0.873. The Kier molecular flexibility index (Phi) is 8.17. The van der Waals surface area contributed by atoms with Gasteiger partial charge in [0.2, 0.25) is 0 Å². The molecule has 0 aliphatic rings. The van der Waals surface area contributed by atoms with Gasteiger partial charge in [0, 0.05) is 44.2 Å². The summed E-state index contributed by atoms with van der Waals surface area (Å²) in [5.74, 6) is 0. The van der Waals surface area contributed by atoms with E-state index in [4.69, 9.17) is 4.42 Å². The molecule has 3 nitrogen and oxygen atoms in total. The number of para-hydroxylation sites is 3. The molecule has 0 bridgehead atoms. The number of benzene rings is 10. The number of nitrogens with zero attached hydrogens (tertiary/aromatic N) is 2. The summed E-state index contributed by atoms with van der Waals surface area (Å²) >= 11 is 0. The van der Waals surface area contributed by atoms with Gasteiger partial charge in [0.1, 0.15) is 11.2 Å². The van der Waals surface area contributed by atoms with Crippen molar-refractivity contribution in [2.45, 2.75) is 0 Å². The zero-order chi connectivity index (χ0) is 40.3. The highest BCUT2D eigenvalue weighted by Gasteiger charge is 2.21. The first-order valence-corrected chi connectivity index (χ1v) is 20.8. The van der Waals surface area contributed by atoms with Crippen LogP contribution in [0, 0.1) is 0 Å². The number of furan rings is 1. The molecule has 0 saturated heterocycles. The third-order valence-electron chi connectivity index (χ3n) is 12.2. The van der Waals surface area contributed by atoms with Crippen LogP contribution in [-0.4, -0.2) is 4.57 Å². The normalized spacial score (nSPS) is 11.6. The van der Waals surface area contributed by atoms with E-state index in [9.17, 15) is 0 Å². The summed E-state index contributed by atoms with van der Waals surface area (Å²) in [5, 5.41) is 7.00. The Hall–Kier alpha value is -8.14. The Balaban J connectivity index is 1.06. The maximum absolute atomic E-state index is 6.66. The summed E-state index contributed by atoms with van der Waals surface area (Å²) in [4.78, 5) is 2.40. The topological polar surface area (TPSA) is 21.3 Å². The van der Waals surface area contributed by atoms with E-state index in [2.05, 4.69) is 240 Å². The van der Waals surface area contributed by atoms with Gasteiger partial charge >= 0.3 is 0 Å². The Morgan fingerprint density at radius 1 is 0.344 bits per heavy atom. The molecule has 0 amide bonds. The molecule has 0 unspecified atom stereocenters. The van der Waals surface area contributed by atoms with Crippen LogP contribution in [0.4, 0.5) is 17.1 Å². The van der Waals surface area contributed by atoms with Gasteiger partial charge in [-0.15, -0.1) is 0 Å². The van der Waals surface area contributed by atoms with Gasteiger partial charge in [-0.1, -0.05) is 158 Å². The van der Waals surface area contributed by atoms with Crippen molar-refractivity contribution in [3.05, 3.63) is 231 Å². The van der Waals surface area contributed by atoms with Crippen molar-refractivity contribution < 1.29 is 4.42 Å². The van der Waals surface area contributed by atoms with Crippen molar-refractivity contribution in [2.75, 3.05) is 4.90 Å². The van der Waals surface area contributed by atoms with Crippen LogP contribution in [0.25, 0.3) is 93.6 Å². The maximum Gasteiger partial charge on any atom is 0.136 e. The first-order valence-electron chi connectivity index (χ1n) is 20.8. The second-order valence-electron chi connectivity index (χ2n) is 15.7. The second kappa shape index (κ2) is 14.3. The van der Waals surface area contributed by atoms with Gasteiger partial charge in [-0.05, 0) is 111 Å². The zero-order valence-electron chi connectivity index (χ0n) is 33.2. The summed E-state index contributed by atoms with van der Waals surface area (Å²) in [6.45, 7) is 0. The van der Waals surface area contributed by atoms with Crippen LogP contribution in [0.3, 0.4) is 0 Å². The highest BCUT2D eigenvalue weighted by molar-refractivity contribution is 6.21. The predicted molar refractivity (Wildman–Crippen MR) is 257 cm³/mol. The molecule has 0 atom stereocenters. The van der Waals surface area contributed by atoms with Gasteiger partial charge in [0.15, 0.2) is 0 Å². The number of rotatable bonds is 7. The molecule has 2 heterocycles. The molecular weight excluding hydrogens is 741 g/mol. The standard InChI is InChI=1S/C58H38N2O/c1-4-15-39(16-5-1)40-27-32-45(33-28-40)59(52-24-12-10-21-47(52)41-17-6-2-7-18-41)46-34-29-42-30-36-56-58(50(42)38-46)51-37-43(31-35-55(51)61-56)48-23-14-26-54-57(48)49-22-11-13-25-53(49)60(54)44-19-8-3-9-20-44/h1-38H. The second-order valence-corrected chi connectivity index (χ2v) is 15.7. The predicted octanol–water partition coefficient (Wildman–Crippen LogP) is 16.3. The molecule has 3 heteroatoms. The number of anilines is 3. The molecule has 0 saturated carbocycles. The largest absolute Gasteiger partial charge is 0.456 e. The average Bonchev–Trinajstić information content (AvgIpc) is 3.89. The van der Waals surface area contributed by atoms with Crippen LogP contribution in [0.15, 0.2) is 235 Å². The van der Waals surface area contributed by atoms with Gasteiger partial charge in [0.25, 0.3) is 0 Å². The fourth-order valence-electron chi connectivity index (χ4n) is 9.40. The van der Waals surface area contributed by atoms with E-state index >= 15 is 0 Å². The molecule has 2 aromatic heterocycles. The highest BCUT2D eigenvalue weighted by atomic mass is 16.3. The van der Waals surface area contributed by atoms with Crippen molar-refractivity contribution >= 4 is 71.6 Å². The summed E-state index contributed by atoms with van der Waals surface area (Å²) < 4.78 is 9.04. The van der Waals surface area contributed by atoms with E-state index in [-0.39, 0.29) is 0 Å². The molecule has 0 aliphatic heterocycles. The van der Waals surface area contributed by atoms with Crippen molar-refractivity contribution in [1.82, 2.24) is 4.57 Å². The van der Waals surface area contributed by atoms with Crippen LogP contribution in [0.1, 0.15) is 0 Å². The fourth-order valence-corrected chi connectivity index (χ4v) is 9.40. The van der Waals surface area contributed by atoms with Gasteiger partial charge in [0.05, 0.1) is 16.7 Å². The van der Waals surface area contributed by atoms with E-state index in [1.54, 1.807) is 0 Å². The van der Waals surface area contributed by atoms with Crippen molar-refractivity contribution in [3.8, 4) is 39.1 Å².